The van der Waals surface area contributed by atoms with Crippen molar-refractivity contribution in [3.8, 4) is 0 Å². The van der Waals surface area contributed by atoms with E-state index in [1.807, 2.05) is 0 Å². The van der Waals surface area contributed by atoms with Gasteiger partial charge in [-0.25, -0.2) is 18.7 Å². The van der Waals surface area contributed by atoms with Crippen molar-refractivity contribution in [3.63, 3.8) is 0 Å². The van der Waals surface area contributed by atoms with E-state index in [4.69, 9.17) is 30.5 Å². The van der Waals surface area contributed by atoms with Crippen molar-refractivity contribution in [2.75, 3.05) is 19.5 Å². The molecule has 2 aromatic rings. The number of aliphatic hydroxyl groups excluding tert-OH is 1. The summed E-state index contributed by atoms with van der Waals surface area (Å²) in [5, 5.41) is 14.2. The van der Waals surface area contributed by atoms with Gasteiger partial charge in [0, 0.05) is 12.0 Å². The van der Waals surface area contributed by atoms with E-state index in [9.17, 15) is 33.4 Å². The van der Waals surface area contributed by atoms with Crippen LogP contribution in [0, 0.1) is 0 Å². The minimum Gasteiger partial charge on any atom is -0.387 e. The number of aromatic amines is 1. The number of nitrogens with one attached hydrogen (secondary N) is 1. The second-order valence-electron chi connectivity index (χ2n) is 6.80. The number of nitrogen functional groups attached to an aromatic ring is 1. The first kappa shape index (κ1) is 28.3. The summed E-state index contributed by atoms with van der Waals surface area (Å²) in [7, 11) is -16.2. The van der Waals surface area contributed by atoms with Crippen molar-refractivity contribution in [1.29, 1.82) is 0 Å². The summed E-state index contributed by atoms with van der Waals surface area (Å²) < 4.78 is 57.8. The molecule has 6 atom stereocenters. The van der Waals surface area contributed by atoms with Crippen LogP contribution >= 0.6 is 23.5 Å². The third kappa shape index (κ3) is 6.00. The second-order valence-corrected chi connectivity index (χ2v) is 11.2. The van der Waals surface area contributed by atoms with Crippen molar-refractivity contribution in [3.05, 3.63) is 27.1 Å². The zero-order valence-electron chi connectivity index (χ0n) is 17.5. The Kier molecular flexibility index (Phi) is 7.79. The number of aromatic nitrogens is 4. The largest absolute Gasteiger partial charge is 0.490 e. The summed E-state index contributed by atoms with van der Waals surface area (Å²) in [6, 6.07) is -1.57. The Morgan fingerprint density at radius 2 is 1.97 bits per heavy atom. The van der Waals surface area contributed by atoms with Crippen LogP contribution in [-0.2, 0) is 36.3 Å². The number of H-pyrrole nitrogens is 1. The summed E-state index contributed by atoms with van der Waals surface area (Å²) in [5.74, 6) is -2.75. The van der Waals surface area contributed by atoms with Crippen LogP contribution in [0.25, 0.3) is 21.6 Å². The fourth-order valence-corrected chi connectivity index (χ4v) is 6.15. The quantitative estimate of drug-likeness (QED) is 0.0765. The SMILES string of the molecule is CO[C@]1(COP(=O)(O)OP(=O)(O)OP(=O)(O)O)O[C@@H](n2cnc3c(=O)[nH]c(N)nc32)[C@@H](N=[N+]=[N-])[C@@H]1O. The van der Waals surface area contributed by atoms with Gasteiger partial charge in [-0.3, -0.25) is 18.9 Å². The summed E-state index contributed by atoms with van der Waals surface area (Å²) in [6.07, 6.45) is -2.47. The van der Waals surface area contributed by atoms with Crippen molar-refractivity contribution in [1.82, 2.24) is 19.5 Å². The maximum atomic E-state index is 12.1. The average Bonchev–Trinajstić information content (AvgIpc) is 3.24. The van der Waals surface area contributed by atoms with Crippen LogP contribution in [0.1, 0.15) is 6.23 Å². The molecule has 0 aliphatic carbocycles. The summed E-state index contributed by atoms with van der Waals surface area (Å²) in [4.78, 5) is 60.7. The fraction of sp³-hybridized carbons (Fsp3) is 0.545. The summed E-state index contributed by atoms with van der Waals surface area (Å²) >= 11 is 0. The number of rotatable bonds is 10. The normalized spacial score (nSPS) is 27.9. The highest BCUT2D eigenvalue weighted by atomic mass is 31.3. The monoisotopic (exact) mass is 578 g/mol. The van der Waals surface area contributed by atoms with Crippen molar-refractivity contribution < 1.29 is 61.0 Å². The van der Waals surface area contributed by atoms with Crippen LogP contribution in [0.15, 0.2) is 16.2 Å². The molecule has 3 rings (SSSR count). The van der Waals surface area contributed by atoms with E-state index >= 15 is 0 Å². The topological polar surface area (TPSA) is 337 Å². The zero-order valence-corrected chi connectivity index (χ0v) is 20.2. The Hall–Kier alpha value is -2.25. The van der Waals surface area contributed by atoms with E-state index in [-0.39, 0.29) is 17.1 Å². The highest BCUT2D eigenvalue weighted by Gasteiger charge is 2.57. The Morgan fingerprint density at radius 1 is 1.31 bits per heavy atom. The Morgan fingerprint density at radius 3 is 2.56 bits per heavy atom. The van der Waals surface area contributed by atoms with Gasteiger partial charge in [0.25, 0.3) is 5.56 Å². The first-order valence-electron chi connectivity index (χ1n) is 8.99. The van der Waals surface area contributed by atoms with Gasteiger partial charge >= 0.3 is 23.5 Å². The number of nitrogens with two attached hydrogens (primary N) is 1. The molecule has 0 saturated carbocycles. The number of methoxy groups -OCH3 is 1. The Bertz CT molecular complexity index is 1400. The van der Waals surface area contributed by atoms with Crippen LogP contribution in [-0.4, -0.2) is 75.8 Å². The maximum absolute atomic E-state index is 12.1. The van der Waals surface area contributed by atoms with Crippen LogP contribution in [0.2, 0.25) is 0 Å². The minimum atomic E-state index is -5.83. The lowest BCUT2D eigenvalue weighted by Gasteiger charge is -2.30. The summed E-state index contributed by atoms with van der Waals surface area (Å²) in [6.45, 7) is -1.26. The predicted octanol–water partition coefficient (Wildman–Crippen LogP) is -1.04. The molecule has 1 aliphatic rings. The van der Waals surface area contributed by atoms with Crippen LogP contribution in [0.3, 0.4) is 0 Å². The van der Waals surface area contributed by atoms with Gasteiger partial charge in [0.05, 0.1) is 6.33 Å². The number of fused-ring (bicyclic) bond motifs is 1. The molecule has 1 saturated heterocycles. The van der Waals surface area contributed by atoms with Crippen LogP contribution in [0.4, 0.5) is 5.95 Å². The Balaban J connectivity index is 1.92. The van der Waals surface area contributed by atoms with Gasteiger partial charge < -0.3 is 39.9 Å². The van der Waals surface area contributed by atoms with Gasteiger partial charge in [0.1, 0.15) is 18.8 Å². The molecule has 0 amide bonds. The predicted molar refractivity (Wildman–Crippen MR) is 111 cm³/mol. The second kappa shape index (κ2) is 9.90. The van der Waals surface area contributed by atoms with E-state index in [0.717, 1.165) is 18.0 Å². The third-order valence-corrected chi connectivity index (χ3v) is 8.27. The number of imidazole rings is 1. The molecular formula is C11H17N8O14P3. The van der Waals surface area contributed by atoms with E-state index in [2.05, 4.69) is 38.1 Å². The maximum Gasteiger partial charge on any atom is 0.490 e. The molecule has 22 nitrogen and oxygen atoms in total. The molecule has 3 heterocycles. The van der Waals surface area contributed by atoms with Crippen molar-refractivity contribution in [2.24, 2.45) is 5.11 Å². The number of ether oxygens (including phenoxy) is 2. The molecule has 1 fully saturated rings. The average molecular weight is 578 g/mol. The number of phosphoric ester groups is 1. The number of phosphoric acid groups is 3. The molecule has 1 aliphatic heterocycles. The smallest absolute Gasteiger partial charge is 0.387 e. The number of anilines is 1. The zero-order chi connectivity index (χ0) is 27.1. The highest BCUT2D eigenvalue weighted by molar-refractivity contribution is 7.66. The lowest BCUT2D eigenvalue weighted by Crippen LogP contribution is -2.48. The number of aliphatic hydroxyl groups is 1. The number of azide groups is 1. The first-order chi connectivity index (χ1) is 16.5. The summed E-state index contributed by atoms with van der Waals surface area (Å²) in [5.41, 5.74) is 13.4. The molecule has 8 N–H and O–H groups in total. The molecule has 200 valence electrons. The molecule has 25 heteroatoms. The van der Waals surface area contributed by atoms with Crippen molar-refractivity contribution >= 4 is 40.6 Å². The van der Waals surface area contributed by atoms with Gasteiger partial charge in [-0.05, 0) is 5.53 Å². The van der Waals surface area contributed by atoms with Crippen LogP contribution in [0.5, 0.6) is 0 Å². The molecule has 36 heavy (non-hydrogen) atoms. The molecule has 2 unspecified atom stereocenters. The molecule has 0 spiro atoms. The van der Waals surface area contributed by atoms with E-state index in [0.29, 0.717) is 0 Å². The Labute approximate surface area is 197 Å². The van der Waals surface area contributed by atoms with Gasteiger partial charge in [-0.2, -0.15) is 13.6 Å². The fourth-order valence-electron chi connectivity index (χ4n) is 3.11. The molecular weight excluding hydrogens is 561 g/mol. The molecule has 2 aromatic heterocycles. The number of nitrogens with zero attached hydrogens (tertiary/aromatic N) is 6. The van der Waals surface area contributed by atoms with E-state index < -0.39 is 59.8 Å². The van der Waals surface area contributed by atoms with Gasteiger partial charge in [-0.15, -0.1) is 0 Å². The first-order valence-corrected chi connectivity index (χ1v) is 13.5. The van der Waals surface area contributed by atoms with Crippen molar-refractivity contribution in [2.45, 2.75) is 24.2 Å². The van der Waals surface area contributed by atoms with Gasteiger partial charge in [0.15, 0.2) is 17.4 Å². The lowest BCUT2D eigenvalue weighted by atomic mass is 10.1. The van der Waals surface area contributed by atoms with E-state index in [1.165, 1.54) is 0 Å². The standard InChI is InChI=1S/C11H17N8O14P3/c1-29-11(2-30-35(25,26)33-36(27,28)32-34(22,23)24)6(20)4(17-18-13)9(31-11)19-3-14-5-7(19)15-10(12)16-8(5)21/h3-4,6,9,20H,2H2,1H3,(H,25,26)(H,27,28)(H2,22,23,24)(H3,12,15,16,21)/t4-,6-,9+,11+/m0/s1. The molecule has 0 radical (unpaired) electrons. The number of hydrogen-bond acceptors (Lipinski definition) is 14. The minimum absolute atomic E-state index is 0.175. The van der Waals surface area contributed by atoms with Gasteiger partial charge in [0.2, 0.25) is 11.7 Å². The van der Waals surface area contributed by atoms with Gasteiger partial charge in [-0.1, -0.05) is 5.11 Å². The molecule has 0 bridgehead atoms. The lowest BCUT2D eigenvalue weighted by molar-refractivity contribution is -0.266. The third-order valence-electron chi connectivity index (χ3n) is 4.49. The molecule has 0 aromatic carbocycles. The highest BCUT2D eigenvalue weighted by Crippen LogP contribution is 2.66. The number of hydrogen-bond donors (Lipinski definition) is 7. The van der Waals surface area contributed by atoms with Crippen LogP contribution < -0.4 is 11.3 Å². The van der Waals surface area contributed by atoms with E-state index in [1.54, 1.807) is 0 Å².